The predicted molar refractivity (Wildman–Crippen MR) is 76.5 cm³/mol. The molecule has 1 N–H and O–H groups in total. The van der Waals surface area contributed by atoms with Crippen molar-refractivity contribution in [3.8, 4) is 0 Å². The van der Waals surface area contributed by atoms with Crippen LogP contribution in [0.5, 0.6) is 0 Å². The number of nitrogens with one attached hydrogen (secondary N) is 1. The normalized spacial score (nSPS) is 18.1. The lowest BCUT2D eigenvalue weighted by molar-refractivity contribution is 0.693. The molecule has 92 valence electrons. The highest BCUT2D eigenvalue weighted by Gasteiger charge is 2.09. The van der Waals surface area contributed by atoms with Crippen LogP contribution >= 0.6 is 15.9 Å². The van der Waals surface area contributed by atoms with Gasteiger partial charge in [0.1, 0.15) is 0 Å². The lowest BCUT2D eigenvalue weighted by atomic mass is 10.1. The molecule has 0 fully saturated rings. The summed E-state index contributed by atoms with van der Waals surface area (Å²) in [5.41, 5.74) is 1.30. The topological polar surface area (TPSA) is 24.4 Å². The summed E-state index contributed by atoms with van der Waals surface area (Å²) in [5.74, 6) is 1.18. The molecule has 0 saturated heterocycles. The van der Waals surface area contributed by atoms with Gasteiger partial charge >= 0.3 is 0 Å². The molecule has 1 aliphatic rings. The van der Waals surface area contributed by atoms with E-state index in [2.05, 4.69) is 57.4 Å². The van der Waals surface area contributed by atoms with Gasteiger partial charge in [0.05, 0.1) is 5.84 Å². The van der Waals surface area contributed by atoms with Gasteiger partial charge in [-0.3, -0.25) is 4.99 Å². The molecule has 3 heteroatoms. The van der Waals surface area contributed by atoms with Crippen molar-refractivity contribution in [1.29, 1.82) is 0 Å². The van der Waals surface area contributed by atoms with Crippen molar-refractivity contribution in [2.75, 3.05) is 6.54 Å². The van der Waals surface area contributed by atoms with Gasteiger partial charge in [0.25, 0.3) is 0 Å². The highest BCUT2D eigenvalue weighted by Crippen LogP contribution is 2.18. The van der Waals surface area contributed by atoms with Crippen molar-refractivity contribution in [3.05, 3.63) is 34.3 Å². The lowest BCUT2D eigenvalue weighted by Gasteiger charge is -2.17. The van der Waals surface area contributed by atoms with E-state index in [0.717, 1.165) is 17.4 Å². The van der Waals surface area contributed by atoms with Crippen molar-refractivity contribution >= 4 is 21.8 Å². The molecule has 0 aliphatic carbocycles. The summed E-state index contributed by atoms with van der Waals surface area (Å²) in [6.45, 7) is 3.17. The summed E-state index contributed by atoms with van der Waals surface area (Å²) in [5, 5.41) is 3.53. The summed E-state index contributed by atoms with van der Waals surface area (Å²) in [6, 6.07) is 8.77. The van der Waals surface area contributed by atoms with E-state index in [4.69, 9.17) is 0 Å². The molecule has 1 aliphatic heterocycles. The third kappa shape index (κ3) is 3.84. The number of aliphatic imine (C=N–C) groups is 1. The SMILES string of the molecule is CC(NC1=NCCCCC1)c1cccc(Br)c1. The fraction of sp³-hybridized carbons (Fsp3) is 0.500. The van der Waals surface area contributed by atoms with Crippen molar-refractivity contribution in [2.45, 2.75) is 38.6 Å². The second-order valence-electron chi connectivity index (χ2n) is 4.56. The zero-order chi connectivity index (χ0) is 12.1. The standard InChI is InChI=1S/C14H19BrN2/c1-11(12-6-5-7-13(15)10-12)17-14-8-3-2-4-9-16-14/h5-7,10-11H,2-4,8-9H2,1H3,(H,16,17). The highest BCUT2D eigenvalue weighted by molar-refractivity contribution is 9.10. The minimum Gasteiger partial charge on any atom is -0.367 e. The molecule has 1 heterocycles. The lowest BCUT2D eigenvalue weighted by Crippen LogP contribution is -2.26. The zero-order valence-corrected chi connectivity index (χ0v) is 11.8. The van der Waals surface area contributed by atoms with Crippen molar-refractivity contribution in [2.24, 2.45) is 4.99 Å². The first kappa shape index (κ1) is 12.6. The molecule has 0 aromatic heterocycles. The Morgan fingerprint density at radius 1 is 1.29 bits per heavy atom. The Kier molecular flexibility index (Phi) is 4.60. The molecule has 1 unspecified atom stereocenters. The maximum absolute atomic E-state index is 4.60. The van der Waals surface area contributed by atoms with E-state index in [9.17, 15) is 0 Å². The van der Waals surface area contributed by atoms with E-state index in [0.29, 0.717) is 6.04 Å². The molecule has 1 atom stereocenters. The molecule has 1 aromatic carbocycles. The number of hydrogen-bond donors (Lipinski definition) is 1. The van der Waals surface area contributed by atoms with Crippen molar-refractivity contribution < 1.29 is 0 Å². The van der Waals surface area contributed by atoms with E-state index in [1.807, 2.05) is 0 Å². The van der Waals surface area contributed by atoms with Crippen LogP contribution in [0.1, 0.15) is 44.2 Å². The molecule has 0 radical (unpaired) electrons. The van der Waals surface area contributed by atoms with E-state index in [1.165, 1.54) is 30.7 Å². The van der Waals surface area contributed by atoms with Crippen LogP contribution in [-0.2, 0) is 0 Å². The van der Waals surface area contributed by atoms with Crippen LogP contribution in [0.2, 0.25) is 0 Å². The molecule has 1 aromatic rings. The monoisotopic (exact) mass is 294 g/mol. The molecular weight excluding hydrogens is 276 g/mol. The summed E-state index contributed by atoms with van der Waals surface area (Å²) in [6.07, 6.45) is 4.89. The first-order valence-corrected chi connectivity index (χ1v) is 7.10. The van der Waals surface area contributed by atoms with E-state index in [1.54, 1.807) is 0 Å². The van der Waals surface area contributed by atoms with E-state index >= 15 is 0 Å². The van der Waals surface area contributed by atoms with E-state index in [-0.39, 0.29) is 0 Å². The van der Waals surface area contributed by atoms with Crippen LogP contribution in [0.4, 0.5) is 0 Å². The van der Waals surface area contributed by atoms with Crippen LogP contribution in [0.15, 0.2) is 33.7 Å². The predicted octanol–water partition coefficient (Wildman–Crippen LogP) is 4.07. The van der Waals surface area contributed by atoms with Gasteiger partial charge in [0.15, 0.2) is 0 Å². The molecule has 0 amide bonds. The average Bonchev–Trinajstić information content (AvgIpc) is 2.57. The molecule has 17 heavy (non-hydrogen) atoms. The molecule has 0 bridgehead atoms. The van der Waals surface area contributed by atoms with Crippen LogP contribution in [-0.4, -0.2) is 12.4 Å². The average molecular weight is 295 g/mol. The van der Waals surface area contributed by atoms with Crippen molar-refractivity contribution in [1.82, 2.24) is 5.32 Å². The first-order chi connectivity index (χ1) is 8.25. The zero-order valence-electron chi connectivity index (χ0n) is 10.2. The quantitative estimate of drug-likeness (QED) is 0.873. The Balaban J connectivity index is 2.00. The largest absolute Gasteiger partial charge is 0.367 e. The van der Waals surface area contributed by atoms with Gasteiger partial charge in [-0.25, -0.2) is 0 Å². The van der Waals surface area contributed by atoms with Crippen LogP contribution in [0.25, 0.3) is 0 Å². The second kappa shape index (κ2) is 6.20. The summed E-state index contributed by atoms with van der Waals surface area (Å²) < 4.78 is 1.13. The maximum Gasteiger partial charge on any atom is 0.0967 e. The van der Waals surface area contributed by atoms with Gasteiger partial charge in [0.2, 0.25) is 0 Å². The van der Waals surface area contributed by atoms with Gasteiger partial charge in [-0.15, -0.1) is 0 Å². The van der Waals surface area contributed by atoms with Gasteiger partial charge in [-0.1, -0.05) is 34.5 Å². The fourth-order valence-electron chi connectivity index (χ4n) is 2.10. The summed E-state index contributed by atoms with van der Waals surface area (Å²) in [4.78, 5) is 4.60. The van der Waals surface area contributed by atoms with Crippen LogP contribution < -0.4 is 5.32 Å². The highest BCUT2D eigenvalue weighted by atomic mass is 79.9. The Morgan fingerprint density at radius 3 is 3.00 bits per heavy atom. The number of halogens is 1. The number of amidine groups is 1. The van der Waals surface area contributed by atoms with Gasteiger partial charge in [0, 0.05) is 23.5 Å². The molecule has 0 saturated carbocycles. The maximum atomic E-state index is 4.60. The third-order valence-electron chi connectivity index (χ3n) is 3.11. The molecule has 2 nitrogen and oxygen atoms in total. The minimum atomic E-state index is 0.323. The summed E-state index contributed by atoms with van der Waals surface area (Å²) in [7, 11) is 0. The van der Waals surface area contributed by atoms with Crippen molar-refractivity contribution in [3.63, 3.8) is 0 Å². The fourth-order valence-corrected chi connectivity index (χ4v) is 2.52. The summed E-state index contributed by atoms with van der Waals surface area (Å²) >= 11 is 3.51. The Labute approximate surface area is 112 Å². The molecule has 0 spiro atoms. The van der Waals surface area contributed by atoms with Crippen LogP contribution in [0, 0.1) is 0 Å². The number of hydrogen-bond acceptors (Lipinski definition) is 2. The van der Waals surface area contributed by atoms with Gasteiger partial charge < -0.3 is 5.32 Å². The minimum absolute atomic E-state index is 0.323. The third-order valence-corrected chi connectivity index (χ3v) is 3.60. The number of rotatable bonds is 2. The number of nitrogens with zero attached hydrogens (tertiary/aromatic N) is 1. The van der Waals surface area contributed by atoms with Crippen LogP contribution in [0.3, 0.4) is 0 Å². The number of benzene rings is 1. The Hall–Kier alpha value is -0.830. The smallest absolute Gasteiger partial charge is 0.0967 e. The molecule has 2 rings (SSSR count). The van der Waals surface area contributed by atoms with Gasteiger partial charge in [-0.05, 0) is 37.5 Å². The van der Waals surface area contributed by atoms with E-state index < -0.39 is 0 Å². The Morgan fingerprint density at radius 2 is 2.18 bits per heavy atom. The van der Waals surface area contributed by atoms with Gasteiger partial charge in [-0.2, -0.15) is 0 Å². The second-order valence-corrected chi connectivity index (χ2v) is 5.48. The first-order valence-electron chi connectivity index (χ1n) is 6.31. The Bertz CT molecular complexity index is 401. The molecular formula is C14H19BrN2.